The van der Waals surface area contributed by atoms with Gasteiger partial charge in [-0.3, -0.25) is 4.79 Å². The van der Waals surface area contributed by atoms with Gasteiger partial charge in [-0.15, -0.1) is 0 Å². The second-order valence-electron chi connectivity index (χ2n) is 7.37. The van der Waals surface area contributed by atoms with Gasteiger partial charge in [-0.25, -0.2) is 0 Å². The molecule has 1 aromatic rings. The Kier molecular flexibility index (Phi) is 5.26. The van der Waals surface area contributed by atoms with Gasteiger partial charge in [0.25, 0.3) is 5.91 Å². The highest BCUT2D eigenvalue weighted by atomic mass is 16.5. The molecule has 0 aromatic heterocycles. The maximum absolute atomic E-state index is 12.9. The standard InChI is InChI=1S/C20H30N2O2/c1-4-16-6-8-17(9-7-16)19(23)22-11-10-20(15-22)14-21(5-2)12-18(20)13-24-3/h6-9,18H,4-5,10-15H2,1-3H3/t18-,20-/m0/s1. The minimum Gasteiger partial charge on any atom is -0.384 e. The maximum atomic E-state index is 12.9. The summed E-state index contributed by atoms with van der Waals surface area (Å²) in [6.07, 6.45) is 2.10. The third-order valence-corrected chi connectivity index (χ3v) is 5.98. The van der Waals surface area contributed by atoms with Gasteiger partial charge in [-0.2, -0.15) is 0 Å². The number of nitrogens with zero attached hydrogens (tertiary/aromatic N) is 2. The fourth-order valence-corrected chi connectivity index (χ4v) is 4.41. The van der Waals surface area contributed by atoms with Crippen LogP contribution in [0.3, 0.4) is 0 Å². The minimum absolute atomic E-state index is 0.181. The van der Waals surface area contributed by atoms with Gasteiger partial charge in [-0.1, -0.05) is 26.0 Å². The number of methoxy groups -OCH3 is 1. The summed E-state index contributed by atoms with van der Waals surface area (Å²) in [5, 5.41) is 0. The van der Waals surface area contributed by atoms with Gasteiger partial charge in [0, 0.05) is 50.2 Å². The van der Waals surface area contributed by atoms with Crippen molar-refractivity contribution in [3.63, 3.8) is 0 Å². The molecular formula is C20H30N2O2. The Hall–Kier alpha value is -1.39. The molecule has 2 saturated heterocycles. The van der Waals surface area contributed by atoms with E-state index < -0.39 is 0 Å². The lowest BCUT2D eigenvalue weighted by Crippen LogP contribution is -2.38. The fourth-order valence-electron chi connectivity index (χ4n) is 4.41. The average Bonchev–Trinajstić information content (AvgIpc) is 3.20. The van der Waals surface area contributed by atoms with E-state index in [0.717, 1.165) is 57.7 Å². The van der Waals surface area contributed by atoms with Gasteiger partial charge in [0.15, 0.2) is 0 Å². The molecule has 24 heavy (non-hydrogen) atoms. The lowest BCUT2D eigenvalue weighted by atomic mass is 9.77. The smallest absolute Gasteiger partial charge is 0.253 e. The molecule has 2 aliphatic rings. The second kappa shape index (κ2) is 7.24. The number of carbonyl (C=O) groups excluding carboxylic acids is 1. The molecule has 0 saturated carbocycles. The number of likely N-dealkylation sites (tertiary alicyclic amines) is 2. The van der Waals surface area contributed by atoms with Gasteiger partial charge < -0.3 is 14.5 Å². The first-order valence-corrected chi connectivity index (χ1v) is 9.21. The third kappa shape index (κ3) is 3.22. The summed E-state index contributed by atoms with van der Waals surface area (Å²) in [7, 11) is 1.79. The Balaban J connectivity index is 1.72. The predicted octanol–water partition coefficient (Wildman–Crippen LogP) is 2.68. The van der Waals surface area contributed by atoms with Crippen molar-refractivity contribution in [2.75, 3.05) is 46.4 Å². The number of amides is 1. The monoisotopic (exact) mass is 330 g/mol. The van der Waals surface area contributed by atoms with Crippen molar-refractivity contribution in [1.29, 1.82) is 0 Å². The van der Waals surface area contributed by atoms with Crippen molar-refractivity contribution in [2.45, 2.75) is 26.7 Å². The molecule has 4 heteroatoms. The molecular weight excluding hydrogens is 300 g/mol. The van der Waals surface area contributed by atoms with Crippen molar-refractivity contribution in [1.82, 2.24) is 9.80 Å². The van der Waals surface area contributed by atoms with Crippen molar-refractivity contribution < 1.29 is 9.53 Å². The van der Waals surface area contributed by atoms with Crippen molar-refractivity contribution in [3.8, 4) is 0 Å². The Labute approximate surface area is 145 Å². The number of hydrogen-bond acceptors (Lipinski definition) is 3. The van der Waals surface area contributed by atoms with E-state index >= 15 is 0 Å². The lowest BCUT2D eigenvalue weighted by Gasteiger charge is -2.30. The summed E-state index contributed by atoms with van der Waals surface area (Å²) >= 11 is 0. The topological polar surface area (TPSA) is 32.8 Å². The first kappa shape index (κ1) is 17.4. The molecule has 0 bridgehead atoms. The van der Waals surface area contributed by atoms with E-state index in [4.69, 9.17) is 4.74 Å². The summed E-state index contributed by atoms with van der Waals surface area (Å²) in [5.74, 6) is 0.711. The molecule has 1 amide bonds. The van der Waals surface area contributed by atoms with Crippen LogP contribution in [0.5, 0.6) is 0 Å². The number of ether oxygens (including phenoxy) is 1. The van der Waals surface area contributed by atoms with Gasteiger partial charge in [-0.05, 0) is 37.1 Å². The molecule has 0 unspecified atom stereocenters. The molecule has 0 aliphatic carbocycles. The fraction of sp³-hybridized carbons (Fsp3) is 0.650. The SMILES string of the molecule is CCc1ccc(C(=O)N2CC[C@]3(CN(CC)C[C@H]3COC)C2)cc1. The van der Waals surface area contributed by atoms with Crippen molar-refractivity contribution in [3.05, 3.63) is 35.4 Å². The molecule has 3 rings (SSSR count). The highest BCUT2D eigenvalue weighted by Crippen LogP contribution is 2.44. The summed E-state index contributed by atoms with van der Waals surface area (Å²) in [5.41, 5.74) is 2.31. The number of hydrogen-bond donors (Lipinski definition) is 0. The van der Waals surface area contributed by atoms with Crippen LogP contribution in [0.2, 0.25) is 0 Å². The zero-order valence-corrected chi connectivity index (χ0v) is 15.3. The molecule has 0 radical (unpaired) electrons. The van der Waals surface area contributed by atoms with E-state index in [-0.39, 0.29) is 11.3 Å². The maximum Gasteiger partial charge on any atom is 0.253 e. The zero-order valence-electron chi connectivity index (χ0n) is 15.3. The summed E-state index contributed by atoms with van der Waals surface area (Å²) in [6.45, 7) is 10.1. The Morgan fingerprint density at radius 2 is 2.00 bits per heavy atom. The van der Waals surface area contributed by atoms with E-state index in [1.807, 2.05) is 12.1 Å². The highest BCUT2D eigenvalue weighted by molar-refractivity contribution is 5.94. The summed E-state index contributed by atoms with van der Waals surface area (Å²) < 4.78 is 5.48. The largest absolute Gasteiger partial charge is 0.384 e. The van der Waals surface area contributed by atoms with Gasteiger partial charge in [0.2, 0.25) is 0 Å². The normalized spacial score (nSPS) is 27.3. The summed E-state index contributed by atoms with van der Waals surface area (Å²) in [4.78, 5) is 17.4. The second-order valence-corrected chi connectivity index (χ2v) is 7.37. The Morgan fingerprint density at radius 3 is 2.62 bits per heavy atom. The molecule has 2 aliphatic heterocycles. The van der Waals surface area contributed by atoms with Gasteiger partial charge >= 0.3 is 0 Å². The van der Waals surface area contributed by atoms with E-state index in [1.165, 1.54) is 5.56 Å². The first-order valence-electron chi connectivity index (χ1n) is 9.21. The minimum atomic E-state index is 0.181. The molecule has 1 aromatic carbocycles. The van der Waals surface area contributed by atoms with E-state index in [2.05, 4.69) is 35.8 Å². The number of rotatable bonds is 5. The number of benzene rings is 1. The van der Waals surface area contributed by atoms with Crippen LogP contribution < -0.4 is 0 Å². The van der Waals surface area contributed by atoms with Crippen molar-refractivity contribution >= 4 is 5.91 Å². The van der Waals surface area contributed by atoms with Crippen LogP contribution in [-0.4, -0.2) is 62.1 Å². The highest BCUT2D eigenvalue weighted by Gasteiger charge is 2.50. The number of carbonyl (C=O) groups is 1. The molecule has 0 N–H and O–H groups in total. The van der Waals surface area contributed by atoms with Crippen LogP contribution in [0.25, 0.3) is 0 Å². The Bertz CT molecular complexity index is 572. The lowest BCUT2D eigenvalue weighted by molar-refractivity contribution is 0.0716. The Morgan fingerprint density at radius 1 is 1.25 bits per heavy atom. The quantitative estimate of drug-likeness (QED) is 0.832. The molecule has 2 atom stereocenters. The first-order chi connectivity index (χ1) is 11.6. The van der Waals surface area contributed by atoms with Crippen LogP contribution in [0.1, 0.15) is 36.2 Å². The molecule has 2 fully saturated rings. The molecule has 132 valence electrons. The summed E-state index contributed by atoms with van der Waals surface area (Å²) in [6, 6.07) is 8.10. The molecule has 4 nitrogen and oxygen atoms in total. The molecule has 1 spiro atoms. The van der Waals surface area contributed by atoms with Crippen LogP contribution in [0.4, 0.5) is 0 Å². The van der Waals surface area contributed by atoms with E-state index in [9.17, 15) is 4.79 Å². The third-order valence-electron chi connectivity index (χ3n) is 5.98. The molecule has 2 heterocycles. The van der Waals surface area contributed by atoms with Gasteiger partial charge in [0.05, 0.1) is 6.61 Å². The van der Waals surface area contributed by atoms with Crippen LogP contribution in [0, 0.1) is 11.3 Å². The predicted molar refractivity (Wildman–Crippen MR) is 96.3 cm³/mol. The van der Waals surface area contributed by atoms with Crippen LogP contribution in [0.15, 0.2) is 24.3 Å². The zero-order chi connectivity index (χ0) is 17.2. The van der Waals surface area contributed by atoms with Gasteiger partial charge in [0.1, 0.15) is 0 Å². The van der Waals surface area contributed by atoms with E-state index in [1.54, 1.807) is 7.11 Å². The van der Waals surface area contributed by atoms with E-state index in [0.29, 0.717) is 5.92 Å². The number of aryl methyl sites for hydroxylation is 1. The van der Waals surface area contributed by atoms with Crippen LogP contribution in [-0.2, 0) is 11.2 Å². The van der Waals surface area contributed by atoms with Crippen LogP contribution >= 0.6 is 0 Å². The van der Waals surface area contributed by atoms with Crippen molar-refractivity contribution in [2.24, 2.45) is 11.3 Å². The average molecular weight is 330 g/mol.